The van der Waals surface area contributed by atoms with Crippen molar-refractivity contribution in [2.24, 2.45) is 5.92 Å². The smallest absolute Gasteiger partial charge is 0.410 e. The molecule has 6 heteroatoms. The molecule has 1 N–H and O–H groups in total. The van der Waals surface area contributed by atoms with Crippen molar-refractivity contribution < 1.29 is 19.0 Å². The van der Waals surface area contributed by atoms with Crippen molar-refractivity contribution in [2.75, 3.05) is 47.0 Å². The van der Waals surface area contributed by atoms with Crippen molar-refractivity contribution in [2.45, 2.75) is 45.3 Å². The number of carbonyl (C=O) groups excluding carboxylic acids is 1. The molecule has 0 spiro atoms. The van der Waals surface area contributed by atoms with Crippen molar-refractivity contribution >= 4 is 6.09 Å². The molecule has 1 aliphatic heterocycles. The van der Waals surface area contributed by atoms with Gasteiger partial charge in [0.25, 0.3) is 0 Å². The number of carbonyl (C=O) groups is 1. The number of methoxy groups -OCH3 is 2. The van der Waals surface area contributed by atoms with Crippen LogP contribution in [0.5, 0.6) is 0 Å². The monoisotopic (exact) mass is 316 g/mol. The molecule has 0 aliphatic carbocycles. The van der Waals surface area contributed by atoms with Crippen LogP contribution in [0.25, 0.3) is 0 Å². The fourth-order valence-corrected chi connectivity index (χ4v) is 2.49. The normalized spacial score (nSPS) is 18.3. The molecule has 1 heterocycles. The molecule has 22 heavy (non-hydrogen) atoms. The zero-order chi connectivity index (χ0) is 16.6. The Bertz CT molecular complexity index is 323. The van der Waals surface area contributed by atoms with Crippen molar-refractivity contribution in [3.8, 4) is 0 Å². The standard InChI is InChI=1S/C16H32N2O4/c1-16(2,3)22-15(19)18-8-6-13(7-9-18)10-17-11-14(21-5)12-20-4/h13-14,17H,6-12H2,1-5H3. The Morgan fingerprint density at radius 1 is 1.27 bits per heavy atom. The molecule has 6 nitrogen and oxygen atoms in total. The van der Waals surface area contributed by atoms with Gasteiger partial charge >= 0.3 is 6.09 Å². The predicted molar refractivity (Wildman–Crippen MR) is 86.1 cm³/mol. The highest BCUT2D eigenvalue weighted by molar-refractivity contribution is 5.68. The quantitative estimate of drug-likeness (QED) is 0.777. The molecule has 0 bridgehead atoms. The van der Waals surface area contributed by atoms with Crippen LogP contribution in [-0.4, -0.2) is 69.7 Å². The fraction of sp³-hybridized carbons (Fsp3) is 0.938. The number of likely N-dealkylation sites (tertiary alicyclic amines) is 1. The van der Waals surface area contributed by atoms with E-state index in [1.165, 1.54) is 0 Å². The molecule has 0 aromatic carbocycles. The first-order valence-electron chi connectivity index (χ1n) is 8.06. The Morgan fingerprint density at radius 2 is 1.91 bits per heavy atom. The zero-order valence-corrected chi connectivity index (χ0v) is 14.7. The second-order valence-electron chi connectivity index (χ2n) is 6.88. The first kappa shape index (κ1) is 19.2. The van der Waals surface area contributed by atoms with Crippen molar-refractivity contribution in [1.82, 2.24) is 10.2 Å². The lowest BCUT2D eigenvalue weighted by molar-refractivity contribution is 0.0172. The van der Waals surface area contributed by atoms with Crippen LogP contribution in [0.3, 0.4) is 0 Å². The fourth-order valence-electron chi connectivity index (χ4n) is 2.49. The highest BCUT2D eigenvalue weighted by Crippen LogP contribution is 2.19. The Kier molecular flexibility index (Phi) is 8.14. The number of rotatable bonds is 7. The van der Waals surface area contributed by atoms with Gasteiger partial charge in [-0.1, -0.05) is 0 Å². The van der Waals surface area contributed by atoms with E-state index in [9.17, 15) is 4.79 Å². The van der Waals surface area contributed by atoms with Crippen molar-refractivity contribution in [3.05, 3.63) is 0 Å². The third kappa shape index (κ3) is 7.42. The first-order valence-corrected chi connectivity index (χ1v) is 8.06. The maximum atomic E-state index is 12.0. The van der Waals surface area contributed by atoms with E-state index in [1.54, 1.807) is 14.2 Å². The summed E-state index contributed by atoms with van der Waals surface area (Å²) in [6.45, 7) is 9.57. The van der Waals surface area contributed by atoms with E-state index in [0.717, 1.165) is 39.0 Å². The van der Waals surface area contributed by atoms with Crippen molar-refractivity contribution in [1.29, 1.82) is 0 Å². The van der Waals surface area contributed by atoms with E-state index < -0.39 is 5.60 Å². The minimum absolute atomic E-state index is 0.0897. The molecule has 0 saturated carbocycles. The lowest BCUT2D eigenvalue weighted by Crippen LogP contribution is -2.44. The maximum Gasteiger partial charge on any atom is 0.410 e. The number of hydrogen-bond acceptors (Lipinski definition) is 5. The molecule has 0 radical (unpaired) electrons. The van der Waals surface area contributed by atoms with E-state index >= 15 is 0 Å². The highest BCUT2D eigenvalue weighted by atomic mass is 16.6. The predicted octanol–water partition coefficient (Wildman–Crippen LogP) is 1.88. The van der Waals surface area contributed by atoms with Gasteiger partial charge in [0.15, 0.2) is 0 Å². The summed E-state index contributed by atoms with van der Waals surface area (Å²) < 4.78 is 15.8. The number of piperidine rings is 1. The average Bonchev–Trinajstić information content (AvgIpc) is 2.45. The Labute approximate surface area is 134 Å². The minimum Gasteiger partial charge on any atom is -0.444 e. The maximum absolute atomic E-state index is 12.0. The molecule has 1 aliphatic rings. The van der Waals surface area contributed by atoms with E-state index in [0.29, 0.717) is 12.5 Å². The molecule has 130 valence electrons. The van der Waals surface area contributed by atoms with Crippen molar-refractivity contribution in [3.63, 3.8) is 0 Å². The van der Waals surface area contributed by atoms with Gasteiger partial charge in [-0.25, -0.2) is 4.79 Å². The van der Waals surface area contributed by atoms with E-state index in [2.05, 4.69) is 5.32 Å². The van der Waals surface area contributed by atoms with E-state index in [4.69, 9.17) is 14.2 Å². The van der Waals surface area contributed by atoms with Crippen LogP contribution in [0.2, 0.25) is 0 Å². The van der Waals surface area contributed by atoms with Crippen LogP contribution in [0, 0.1) is 5.92 Å². The van der Waals surface area contributed by atoms with Gasteiger partial charge in [-0.2, -0.15) is 0 Å². The molecule has 0 aromatic heterocycles. The summed E-state index contributed by atoms with van der Waals surface area (Å²) in [5.74, 6) is 0.596. The second-order valence-corrected chi connectivity index (χ2v) is 6.88. The molecular formula is C16H32N2O4. The van der Waals surface area contributed by atoms with Gasteiger partial charge in [-0.3, -0.25) is 0 Å². The van der Waals surface area contributed by atoms with Gasteiger partial charge in [0.05, 0.1) is 12.7 Å². The molecule has 1 rings (SSSR count). The number of hydrogen-bond donors (Lipinski definition) is 1. The lowest BCUT2D eigenvalue weighted by atomic mass is 9.97. The van der Waals surface area contributed by atoms with Gasteiger partial charge in [-0.05, 0) is 46.1 Å². The zero-order valence-electron chi connectivity index (χ0n) is 14.7. The summed E-state index contributed by atoms with van der Waals surface area (Å²) in [5, 5.41) is 3.43. The van der Waals surface area contributed by atoms with Crippen LogP contribution in [0.1, 0.15) is 33.6 Å². The molecule has 1 atom stereocenters. The SMILES string of the molecule is COCC(CNCC1CCN(C(=O)OC(C)(C)C)CC1)OC. The Hall–Kier alpha value is -0.850. The molecule has 1 fully saturated rings. The van der Waals surface area contributed by atoms with Crippen LogP contribution in [-0.2, 0) is 14.2 Å². The van der Waals surface area contributed by atoms with Crippen LogP contribution in [0.4, 0.5) is 4.79 Å². The van der Waals surface area contributed by atoms with Gasteiger partial charge in [0.1, 0.15) is 5.60 Å². The molecule has 0 aromatic rings. The number of nitrogens with one attached hydrogen (secondary N) is 1. The summed E-state index contributed by atoms with van der Waals surface area (Å²) in [6.07, 6.45) is 1.91. The average molecular weight is 316 g/mol. The lowest BCUT2D eigenvalue weighted by Gasteiger charge is -2.33. The number of ether oxygens (including phenoxy) is 3. The summed E-state index contributed by atoms with van der Waals surface area (Å²) in [5.41, 5.74) is -0.425. The topological polar surface area (TPSA) is 60.0 Å². The highest BCUT2D eigenvalue weighted by Gasteiger charge is 2.26. The van der Waals surface area contributed by atoms with E-state index in [-0.39, 0.29) is 12.2 Å². The van der Waals surface area contributed by atoms with Gasteiger partial charge in [-0.15, -0.1) is 0 Å². The molecular weight excluding hydrogens is 284 g/mol. The molecule has 1 unspecified atom stereocenters. The van der Waals surface area contributed by atoms with Gasteiger partial charge in [0, 0.05) is 33.9 Å². The second kappa shape index (κ2) is 9.33. The minimum atomic E-state index is -0.425. The van der Waals surface area contributed by atoms with Crippen LogP contribution in [0.15, 0.2) is 0 Å². The first-order chi connectivity index (χ1) is 10.4. The third-order valence-electron chi connectivity index (χ3n) is 3.76. The van der Waals surface area contributed by atoms with E-state index in [1.807, 2.05) is 25.7 Å². The van der Waals surface area contributed by atoms with Crippen LogP contribution < -0.4 is 5.32 Å². The van der Waals surface area contributed by atoms with Gasteiger partial charge < -0.3 is 24.4 Å². The summed E-state index contributed by atoms with van der Waals surface area (Å²) in [4.78, 5) is 13.8. The molecule has 1 amide bonds. The summed E-state index contributed by atoms with van der Waals surface area (Å²) >= 11 is 0. The Balaban J connectivity index is 2.21. The summed E-state index contributed by atoms with van der Waals surface area (Å²) in [7, 11) is 3.38. The van der Waals surface area contributed by atoms with Gasteiger partial charge in [0.2, 0.25) is 0 Å². The number of nitrogens with zero attached hydrogens (tertiary/aromatic N) is 1. The Morgan fingerprint density at radius 3 is 2.41 bits per heavy atom. The summed E-state index contributed by atoms with van der Waals surface area (Å²) in [6, 6.07) is 0. The van der Waals surface area contributed by atoms with Crippen LogP contribution >= 0.6 is 0 Å². The molecule has 1 saturated heterocycles. The third-order valence-corrected chi connectivity index (χ3v) is 3.76. The largest absolute Gasteiger partial charge is 0.444 e. The number of amides is 1.